The quantitative estimate of drug-likeness (QED) is 0.368. The van der Waals surface area contributed by atoms with Gasteiger partial charge in [-0.1, -0.05) is 23.2 Å². The van der Waals surface area contributed by atoms with Crippen LogP contribution in [-0.4, -0.2) is 24.3 Å². The molecule has 0 bridgehead atoms. The summed E-state index contributed by atoms with van der Waals surface area (Å²) < 4.78 is 4.86. The molecular weight excluding hydrogens is 275 g/mol. The highest BCUT2D eigenvalue weighted by Gasteiger charge is 2.16. The highest BCUT2D eigenvalue weighted by molar-refractivity contribution is 6.51. The normalized spacial score (nSPS) is 11.8. The Labute approximate surface area is 115 Å². The SMILES string of the molecule is C=Nc1ccc(Cl)nc1C(Cl)=C(C)C(=O)OCC. The van der Waals surface area contributed by atoms with E-state index >= 15 is 0 Å². The van der Waals surface area contributed by atoms with Gasteiger partial charge in [-0.2, -0.15) is 0 Å². The topological polar surface area (TPSA) is 51.5 Å². The molecule has 0 spiro atoms. The zero-order valence-corrected chi connectivity index (χ0v) is 11.5. The second-order valence-electron chi connectivity index (χ2n) is 3.32. The first-order valence-corrected chi connectivity index (χ1v) is 5.94. The summed E-state index contributed by atoms with van der Waals surface area (Å²) in [7, 11) is 0. The van der Waals surface area contributed by atoms with Crippen molar-refractivity contribution in [3.8, 4) is 0 Å². The molecule has 0 N–H and O–H groups in total. The van der Waals surface area contributed by atoms with Crippen molar-refractivity contribution in [3.63, 3.8) is 0 Å². The molecule has 18 heavy (non-hydrogen) atoms. The van der Waals surface area contributed by atoms with Crippen LogP contribution in [0, 0.1) is 0 Å². The number of carbonyl (C=O) groups excluding carboxylic acids is 1. The van der Waals surface area contributed by atoms with Crippen LogP contribution < -0.4 is 0 Å². The van der Waals surface area contributed by atoms with E-state index in [0.29, 0.717) is 11.4 Å². The molecule has 0 aromatic carbocycles. The number of ether oxygens (including phenoxy) is 1. The molecule has 0 aliphatic heterocycles. The maximum absolute atomic E-state index is 11.6. The second kappa shape index (κ2) is 6.52. The van der Waals surface area contributed by atoms with Gasteiger partial charge in [0.05, 0.1) is 22.9 Å². The molecule has 0 unspecified atom stereocenters. The summed E-state index contributed by atoms with van der Waals surface area (Å²) in [4.78, 5) is 19.4. The number of aromatic nitrogens is 1. The van der Waals surface area contributed by atoms with Gasteiger partial charge in [-0.25, -0.2) is 9.78 Å². The van der Waals surface area contributed by atoms with E-state index in [2.05, 4.69) is 16.7 Å². The summed E-state index contributed by atoms with van der Waals surface area (Å²) in [5, 5.41) is 0.408. The molecular formula is C12H12Cl2N2O2. The van der Waals surface area contributed by atoms with Crippen LogP contribution in [0.25, 0.3) is 5.03 Å². The van der Waals surface area contributed by atoms with Gasteiger partial charge in [0.2, 0.25) is 0 Å². The van der Waals surface area contributed by atoms with Gasteiger partial charge in [-0.3, -0.25) is 4.99 Å². The van der Waals surface area contributed by atoms with E-state index in [4.69, 9.17) is 27.9 Å². The van der Waals surface area contributed by atoms with Crippen LogP contribution in [0.4, 0.5) is 5.69 Å². The molecule has 1 rings (SSSR count). The molecule has 0 amide bonds. The summed E-state index contributed by atoms with van der Waals surface area (Å²) in [6.07, 6.45) is 0. The summed E-state index contributed by atoms with van der Waals surface area (Å²) in [5.74, 6) is -0.501. The molecule has 0 saturated heterocycles. The van der Waals surface area contributed by atoms with Gasteiger partial charge < -0.3 is 4.74 Å². The Morgan fingerprint density at radius 1 is 1.56 bits per heavy atom. The summed E-state index contributed by atoms with van der Waals surface area (Å²) >= 11 is 11.9. The van der Waals surface area contributed by atoms with Gasteiger partial charge in [0.25, 0.3) is 0 Å². The van der Waals surface area contributed by atoms with E-state index in [-0.39, 0.29) is 22.4 Å². The zero-order chi connectivity index (χ0) is 13.7. The van der Waals surface area contributed by atoms with Gasteiger partial charge in [-0.05, 0) is 32.7 Å². The molecule has 1 heterocycles. The molecule has 0 atom stereocenters. The van der Waals surface area contributed by atoms with Gasteiger partial charge in [0.15, 0.2) is 0 Å². The lowest BCUT2D eigenvalue weighted by Crippen LogP contribution is -2.06. The predicted molar refractivity (Wildman–Crippen MR) is 73.5 cm³/mol. The minimum absolute atomic E-state index is 0.151. The maximum Gasteiger partial charge on any atom is 0.335 e. The number of hydrogen-bond donors (Lipinski definition) is 0. The lowest BCUT2D eigenvalue weighted by atomic mass is 10.2. The number of nitrogens with zero attached hydrogens (tertiary/aromatic N) is 2. The number of pyridine rings is 1. The van der Waals surface area contributed by atoms with E-state index in [0.717, 1.165) is 0 Å². The third-order valence-corrected chi connectivity index (χ3v) is 2.80. The number of aliphatic imine (C=N–C) groups is 1. The summed E-state index contributed by atoms with van der Waals surface area (Å²) in [6, 6.07) is 3.19. The molecule has 0 aliphatic rings. The van der Waals surface area contributed by atoms with E-state index < -0.39 is 5.97 Å². The first-order chi connectivity index (χ1) is 8.51. The lowest BCUT2D eigenvalue weighted by Gasteiger charge is -2.07. The van der Waals surface area contributed by atoms with Crippen molar-refractivity contribution in [3.05, 3.63) is 28.6 Å². The largest absolute Gasteiger partial charge is 0.463 e. The fourth-order valence-corrected chi connectivity index (χ4v) is 1.59. The van der Waals surface area contributed by atoms with Crippen molar-refractivity contribution < 1.29 is 9.53 Å². The Balaban J connectivity index is 3.28. The molecule has 0 saturated carbocycles. The van der Waals surface area contributed by atoms with Crippen LogP contribution in [0.15, 0.2) is 22.7 Å². The minimum Gasteiger partial charge on any atom is -0.463 e. The first kappa shape index (κ1) is 14.7. The van der Waals surface area contributed by atoms with Crippen LogP contribution in [0.3, 0.4) is 0 Å². The van der Waals surface area contributed by atoms with Crippen molar-refractivity contribution in [1.29, 1.82) is 0 Å². The van der Waals surface area contributed by atoms with Gasteiger partial charge in [0, 0.05) is 0 Å². The van der Waals surface area contributed by atoms with Crippen molar-refractivity contribution >= 4 is 46.6 Å². The van der Waals surface area contributed by atoms with Crippen molar-refractivity contribution in [2.24, 2.45) is 4.99 Å². The molecule has 0 aliphatic carbocycles. The van der Waals surface area contributed by atoms with Crippen molar-refractivity contribution in [1.82, 2.24) is 4.98 Å². The fourth-order valence-electron chi connectivity index (χ4n) is 1.22. The number of carbonyl (C=O) groups is 1. The fraction of sp³-hybridized carbons (Fsp3) is 0.250. The van der Waals surface area contributed by atoms with E-state index in [1.54, 1.807) is 26.0 Å². The van der Waals surface area contributed by atoms with Crippen molar-refractivity contribution in [2.45, 2.75) is 13.8 Å². The zero-order valence-electron chi connectivity index (χ0n) is 10.0. The van der Waals surface area contributed by atoms with Gasteiger partial charge in [-0.15, -0.1) is 0 Å². The standard InChI is InChI=1S/C12H12Cl2N2O2/c1-4-18-12(17)7(2)10(14)11-8(15-3)5-6-9(13)16-11/h5-6H,3-4H2,1-2H3. The van der Waals surface area contributed by atoms with Gasteiger partial charge >= 0.3 is 5.97 Å². The lowest BCUT2D eigenvalue weighted by molar-refractivity contribution is -0.138. The summed E-state index contributed by atoms with van der Waals surface area (Å²) in [5.41, 5.74) is 1.01. The van der Waals surface area contributed by atoms with E-state index in [1.807, 2.05) is 0 Å². The average molecular weight is 287 g/mol. The van der Waals surface area contributed by atoms with E-state index in [1.165, 1.54) is 0 Å². The van der Waals surface area contributed by atoms with Crippen LogP contribution in [0.5, 0.6) is 0 Å². The monoisotopic (exact) mass is 286 g/mol. The average Bonchev–Trinajstić information content (AvgIpc) is 2.37. The molecule has 1 aromatic heterocycles. The number of halogens is 2. The molecule has 4 nitrogen and oxygen atoms in total. The van der Waals surface area contributed by atoms with Crippen LogP contribution in [0.1, 0.15) is 19.5 Å². The highest BCUT2D eigenvalue weighted by atomic mass is 35.5. The predicted octanol–water partition coefficient (Wildman–Crippen LogP) is 3.60. The van der Waals surface area contributed by atoms with Gasteiger partial charge in [0.1, 0.15) is 10.8 Å². The summed E-state index contributed by atoms with van der Waals surface area (Å²) in [6.45, 7) is 6.95. The number of hydrogen-bond acceptors (Lipinski definition) is 4. The maximum atomic E-state index is 11.6. The third kappa shape index (κ3) is 3.31. The first-order valence-electron chi connectivity index (χ1n) is 5.18. The molecule has 1 aromatic rings. The molecule has 96 valence electrons. The Morgan fingerprint density at radius 3 is 2.78 bits per heavy atom. The van der Waals surface area contributed by atoms with Crippen LogP contribution in [0.2, 0.25) is 5.15 Å². The second-order valence-corrected chi connectivity index (χ2v) is 4.08. The molecule has 6 heteroatoms. The molecule has 0 fully saturated rings. The molecule has 0 radical (unpaired) electrons. The van der Waals surface area contributed by atoms with Crippen molar-refractivity contribution in [2.75, 3.05) is 6.61 Å². The Kier molecular flexibility index (Phi) is 5.31. The smallest absolute Gasteiger partial charge is 0.335 e. The number of rotatable bonds is 4. The van der Waals surface area contributed by atoms with E-state index in [9.17, 15) is 4.79 Å². The Morgan fingerprint density at radius 2 is 2.22 bits per heavy atom. The van der Waals surface area contributed by atoms with Crippen LogP contribution in [-0.2, 0) is 9.53 Å². The van der Waals surface area contributed by atoms with Crippen LogP contribution >= 0.6 is 23.2 Å². The number of esters is 1. The minimum atomic E-state index is -0.501. The third-order valence-electron chi connectivity index (χ3n) is 2.13. The Bertz CT molecular complexity index is 513. The Hall–Kier alpha value is -1.39. The highest BCUT2D eigenvalue weighted by Crippen LogP contribution is 2.31.